The Morgan fingerprint density at radius 2 is 1.87 bits per heavy atom. The summed E-state index contributed by atoms with van der Waals surface area (Å²) in [5, 5.41) is 3.43. The molecular formula is C23H26BrN3O4. The van der Waals surface area contributed by atoms with E-state index in [1.807, 2.05) is 38.1 Å². The molecule has 0 radical (unpaired) electrons. The van der Waals surface area contributed by atoms with Gasteiger partial charge in [-0.1, -0.05) is 22.0 Å². The average molecular weight is 488 g/mol. The highest BCUT2D eigenvalue weighted by atomic mass is 79.9. The molecule has 0 unspecified atom stereocenters. The summed E-state index contributed by atoms with van der Waals surface area (Å²) in [5.41, 5.74) is 1.53. The van der Waals surface area contributed by atoms with Crippen LogP contribution in [0.25, 0.3) is 10.9 Å². The lowest BCUT2D eigenvalue weighted by molar-refractivity contribution is -0.121. The van der Waals surface area contributed by atoms with Crippen LogP contribution in [0.2, 0.25) is 0 Å². The first-order valence-corrected chi connectivity index (χ1v) is 11.1. The van der Waals surface area contributed by atoms with Crippen LogP contribution in [-0.4, -0.2) is 35.2 Å². The third kappa shape index (κ3) is 6.07. The molecule has 3 aromatic rings. The molecule has 0 aliphatic rings. The van der Waals surface area contributed by atoms with Gasteiger partial charge in [0.05, 0.1) is 30.4 Å². The molecule has 31 heavy (non-hydrogen) atoms. The summed E-state index contributed by atoms with van der Waals surface area (Å²) in [7, 11) is 0. The molecule has 0 saturated heterocycles. The average Bonchev–Trinajstić information content (AvgIpc) is 2.76. The maximum atomic E-state index is 12.6. The first kappa shape index (κ1) is 22.8. The van der Waals surface area contributed by atoms with Gasteiger partial charge in [-0.3, -0.25) is 14.2 Å². The normalized spacial score (nSPS) is 10.8. The molecule has 0 atom stereocenters. The number of hydrogen-bond acceptors (Lipinski definition) is 5. The number of nitrogens with one attached hydrogen (secondary N) is 1. The van der Waals surface area contributed by atoms with Crippen LogP contribution in [0, 0.1) is 0 Å². The number of aryl methyl sites for hydroxylation is 1. The minimum absolute atomic E-state index is 0.114. The number of benzene rings is 2. The van der Waals surface area contributed by atoms with Crippen molar-refractivity contribution in [3.8, 4) is 11.5 Å². The number of halogens is 1. The van der Waals surface area contributed by atoms with E-state index in [1.165, 1.54) is 10.9 Å². The Morgan fingerprint density at radius 3 is 2.65 bits per heavy atom. The van der Waals surface area contributed by atoms with Crippen molar-refractivity contribution in [1.82, 2.24) is 14.9 Å². The quantitative estimate of drug-likeness (QED) is 0.471. The minimum Gasteiger partial charge on any atom is -0.490 e. The van der Waals surface area contributed by atoms with Crippen LogP contribution < -0.4 is 20.3 Å². The molecular weight excluding hydrogens is 462 g/mol. The molecule has 2 aromatic carbocycles. The Morgan fingerprint density at radius 1 is 1.10 bits per heavy atom. The summed E-state index contributed by atoms with van der Waals surface area (Å²) in [6.07, 6.45) is 2.36. The molecule has 0 fully saturated rings. The van der Waals surface area contributed by atoms with Crippen LogP contribution in [0.1, 0.15) is 25.8 Å². The largest absolute Gasteiger partial charge is 0.490 e. The Kier molecular flexibility index (Phi) is 8.06. The highest BCUT2D eigenvalue weighted by Gasteiger charge is 2.09. The van der Waals surface area contributed by atoms with Gasteiger partial charge in [0.2, 0.25) is 5.91 Å². The standard InChI is InChI=1S/C23H26BrN3O4/c1-3-30-20-8-5-16(13-21(20)31-4-2)9-11-25-22(28)10-12-27-15-26-19-7-6-17(24)14-18(19)23(27)29/h5-8,13-15H,3-4,9-12H2,1-2H3,(H,25,28). The van der Waals surface area contributed by atoms with Crippen LogP contribution >= 0.6 is 15.9 Å². The predicted octanol–water partition coefficient (Wildman–Crippen LogP) is 3.71. The summed E-state index contributed by atoms with van der Waals surface area (Å²) in [6.45, 7) is 5.76. The minimum atomic E-state index is -0.156. The lowest BCUT2D eigenvalue weighted by atomic mass is 10.1. The number of aromatic nitrogens is 2. The monoisotopic (exact) mass is 487 g/mol. The molecule has 0 bridgehead atoms. The number of amides is 1. The first-order valence-electron chi connectivity index (χ1n) is 10.3. The van der Waals surface area contributed by atoms with Crippen molar-refractivity contribution in [2.75, 3.05) is 19.8 Å². The van der Waals surface area contributed by atoms with E-state index in [-0.39, 0.29) is 24.4 Å². The number of carbonyl (C=O) groups excluding carboxylic acids is 1. The molecule has 1 N–H and O–H groups in total. The second-order valence-electron chi connectivity index (χ2n) is 6.90. The Labute approximate surface area is 189 Å². The predicted molar refractivity (Wildman–Crippen MR) is 124 cm³/mol. The third-order valence-corrected chi connectivity index (χ3v) is 5.20. The maximum absolute atomic E-state index is 12.6. The van der Waals surface area contributed by atoms with Gasteiger partial charge in [0.15, 0.2) is 11.5 Å². The summed E-state index contributed by atoms with van der Waals surface area (Å²) in [6, 6.07) is 11.2. The van der Waals surface area contributed by atoms with Gasteiger partial charge in [0.1, 0.15) is 0 Å². The Hall–Kier alpha value is -2.87. The van der Waals surface area contributed by atoms with E-state index in [0.29, 0.717) is 42.8 Å². The molecule has 0 aliphatic carbocycles. The second-order valence-corrected chi connectivity index (χ2v) is 7.82. The van der Waals surface area contributed by atoms with Gasteiger partial charge in [0.25, 0.3) is 5.56 Å². The van der Waals surface area contributed by atoms with Crippen LogP contribution in [0.4, 0.5) is 0 Å². The summed E-state index contributed by atoms with van der Waals surface area (Å²) < 4.78 is 13.5. The highest BCUT2D eigenvalue weighted by molar-refractivity contribution is 9.10. The molecule has 8 heteroatoms. The Bertz CT molecular complexity index is 1110. The zero-order valence-electron chi connectivity index (χ0n) is 17.7. The van der Waals surface area contributed by atoms with Crippen LogP contribution in [0.5, 0.6) is 11.5 Å². The number of hydrogen-bond donors (Lipinski definition) is 1. The van der Waals surface area contributed by atoms with Crippen LogP contribution in [0.3, 0.4) is 0 Å². The Balaban J connectivity index is 1.53. The van der Waals surface area contributed by atoms with Crippen molar-refractivity contribution in [2.45, 2.75) is 33.2 Å². The highest BCUT2D eigenvalue weighted by Crippen LogP contribution is 2.28. The van der Waals surface area contributed by atoms with E-state index >= 15 is 0 Å². The van der Waals surface area contributed by atoms with Gasteiger partial charge in [-0.05, 0) is 56.2 Å². The number of carbonyl (C=O) groups is 1. The molecule has 0 spiro atoms. The molecule has 1 amide bonds. The second kappa shape index (κ2) is 10.9. The van der Waals surface area contributed by atoms with Crippen molar-refractivity contribution in [3.05, 3.63) is 63.1 Å². The van der Waals surface area contributed by atoms with Gasteiger partial charge < -0.3 is 14.8 Å². The van der Waals surface area contributed by atoms with Gasteiger partial charge in [-0.15, -0.1) is 0 Å². The fourth-order valence-corrected chi connectivity index (χ4v) is 3.56. The summed E-state index contributed by atoms with van der Waals surface area (Å²) in [4.78, 5) is 29.1. The van der Waals surface area contributed by atoms with E-state index in [0.717, 1.165) is 15.8 Å². The smallest absolute Gasteiger partial charge is 0.261 e. The van der Waals surface area contributed by atoms with Crippen molar-refractivity contribution in [2.24, 2.45) is 0 Å². The topological polar surface area (TPSA) is 82.5 Å². The molecule has 1 heterocycles. The van der Waals surface area contributed by atoms with Gasteiger partial charge in [-0.2, -0.15) is 0 Å². The summed E-state index contributed by atoms with van der Waals surface area (Å²) in [5.74, 6) is 1.32. The first-order chi connectivity index (χ1) is 15.0. The molecule has 0 aliphatic heterocycles. The van der Waals surface area contributed by atoms with Gasteiger partial charge in [0, 0.05) is 24.0 Å². The van der Waals surface area contributed by atoms with E-state index in [9.17, 15) is 9.59 Å². The van der Waals surface area contributed by atoms with E-state index in [4.69, 9.17) is 9.47 Å². The van der Waals surface area contributed by atoms with Crippen molar-refractivity contribution < 1.29 is 14.3 Å². The maximum Gasteiger partial charge on any atom is 0.261 e. The lowest BCUT2D eigenvalue weighted by Crippen LogP contribution is -2.29. The van der Waals surface area contributed by atoms with Crippen molar-refractivity contribution in [1.29, 1.82) is 0 Å². The van der Waals surface area contributed by atoms with Gasteiger partial charge in [-0.25, -0.2) is 4.98 Å². The van der Waals surface area contributed by atoms with E-state index < -0.39 is 0 Å². The molecule has 164 valence electrons. The van der Waals surface area contributed by atoms with Crippen LogP contribution in [0.15, 0.2) is 52.0 Å². The fraction of sp³-hybridized carbons (Fsp3) is 0.348. The summed E-state index contributed by atoms with van der Waals surface area (Å²) >= 11 is 3.37. The zero-order chi connectivity index (χ0) is 22.2. The lowest BCUT2D eigenvalue weighted by Gasteiger charge is -2.13. The number of ether oxygens (including phenoxy) is 2. The van der Waals surface area contributed by atoms with E-state index in [2.05, 4.69) is 26.2 Å². The molecule has 0 saturated carbocycles. The van der Waals surface area contributed by atoms with Crippen LogP contribution in [-0.2, 0) is 17.8 Å². The zero-order valence-corrected chi connectivity index (χ0v) is 19.3. The molecule has 1 aromatic heterocycles. The number of fused-ring (bicyclic) bond motifs is 1. The molecule has 3 rings (SSSR count). The third-order valence-electron chi connectivity index (χ3n) is 4.71. The molecule has 7 nitrogen and oxygen atoms in total. The number of nitrogens with zero attached hydrogens (tertiary/aromatic N) is 2. The SMILES string of the molecule is CCOc1ccc(CCNC(=O)CCn2cnc3ccc(Br)cc3c2=O)cc1OCC. The fourth-order valence-electron chi connectivity index (χ4n) is 3.20. The van der Waals surface area contributed by atoms with E-state index in [1.54, 1.807) is 12.1 Å². The number of rotatable bonds is 10. The van der Waals surface area contributed by atoms with Gasteiger partial charge >= 0.3 is 0 Å². The van der Waals surface area contributed by atoms with Crippen molar-refractivity contribution >= 4 is 32.7 Å². The van der Waals surface area contributed by atoms with Crippen molar-refractivity contribution in [3.63, 3.8) is 0 Å².